The highest BCUT2D eigenvalue weighted by atomic mass is 16.6. The zero-order valence-electron chi connectivity index (χ0n) is 12.5. The number of nitrogens with one attached hydrogen (secondary N) is 1. The quantitative estimate of drug-likeness (QED) is 0.797. The van der Waals surface area contributed by atoms with Crippen molar-refractivity contribution in [2.75, 3.05) is 7.11 Å². The van der Waals surface area contributed by atoms with Crippen LogP contribution in [0.5, 0.6) is 0 Å². The van der Waals surface area contributed by atoms with Gasteiger partial charge in [0.2, 0.25) is 0 Å². The van der Waals surface area contributed by atoms with Crippen molar-refractivity contribution in [3.05, 3.63) is 0 Å². The number of rotatable bonds is 4. The third-order valence-electron chi connectivity index (χ3n) is 3.09. The normalized spacial score (nSPS) is 20.4. The molecule has 0 aromatic carbocycles. The van der Waals surface area contributed by atoms with Gasteiger partial charge in [-0.2, -0.15) is 0 Å². The van der Waals surface area contributed by atoms with Gasteiger partial charge in [0.25, 0.3) is 0 Å². The van der Waals surface area contributed by atoms with Crippen molar-refractivity contribution in [1.29, 1.82) is 0 Å². The van der Waals surface area contributed by atoms with Crippen LogP contribution in [-0.4, -0.2) is 36.6 Å². The molecular formula is C14H23NO5. The average Bonchev–Trinajstić information content (AvgIpc) is 2.70. The molecule has 114 valence electrons. The summed E-state index contributed by atoms with van der Waals surface area (Å²) in [6.07, 6.45) is 1.51. The standard InChI is InChI=1S/C14H23NO5/c1-14(2,3)20-13(18)15-11(12(17)19-4)8-9-5-6-10(16)7-9/h9,11H,5-8H2,1-4H3,(H,15,18). The molecule has 20 heavy (non-hydrogen) atoms. The van der Waals surface area contributed by atoms with Crippen LogP contribution in [0, 0.1) is 5.92 Å². The van der Waals surface area contributed by atoms with E-state index in [9.17, 15) is 14.4 Å². The highest BCUT2D eigenvalue weighted by Crippen LogP contribution is 2.26. The molecule has 1 fully saturated rings. The van der Waals surface area contributed by atoms with E-state index in [1.165, 1.54) is 7.11 Å². The first-order valence-corrected chi connectivity index (χ1v) is 6.80. The van der Waals surface area contributed by atoms with Crippen molar-refractivity contribution < 1.29 is 23.9 Å². The van der Waals surface area contributed by atoms with Crippen LogP contribution in [0.25, 0.3) is 0 Å². The lowest BCUT2D eigenvalue weighted by atomic mass is 9.98. The van der Waals surface area contributed by atoms with Crippen molar-refractivity contribution in [3.8, 4) is 0 Å². The van der Waals surface area contributed by atoms with Crippen molar-refractivity contribution in [2.45, 2.75) is 58.1 Å². The summed E-state index contributed by atoms with van der Waals surface area (Å²) in [5.41, 5.74) is -0.631. The maximum Gasteiger partial charge on any atom is 0.408 e. The Bertz CT molecular complexity index is 386. The SMILES string of the molecule is COC(=O)C(CC1CCC(=O)C1)NC(=O)OC(C)(C)C. The van der Waals surface area contributed by atoms with Gasteiger partial charge in [0, 0.05) is 12.8 Å². The number of Topliss-reactive ketones (excluding diaryl/α,β-unsaturated/α-hetero) is 1. The molecule has 0 bridgehead atoms. The molecule has 1 aliphatic carbocycles. The van der Waals surface area contributed by atoms with Gasteiger partial charge in [0.1, 0.15) is 17.4 Å². The van der Waals surface area contributed by atoms with Gasteiger partial charge >= 0.3 is 12.1 Å². The van der Waals surface area contributed by atoms with E-state index in [0.717, 1.165) is 6.42 Å². The summed E-state index contributed by atoms with van der Waals surface area (Å²) in [4.78, 5) is 34.7. The molecule has 2 atom stereocenters. The lowest BCUT2D eigenvalue weighted by molar-refractivity contribution is -0.143. The Morgan fingerprint density at radius 3 is 2.50 bits per heavy atom. The Morgan fingerprint density at radius 1 is 1.40 bits per heavy atom. The van der Waals surface area contributed by atoms with E-state index < -0.39 is 23.7 Å². The molecule has 6 nitrogen and oxygen atoms in total. The molecule has 1 saturated carbocycles. The number of esters is 1. The van der Waals surface area contributed by atoms with E-state index in [-0.39, 0.29) is 11.7 Å². The third kappa shape index (κ3) is 5.59. The molecule has 1 N–H and O–H groups in total. The van der Waals surface area contributed by atoms with Gasteiger partial charge in [-0.25, -0.2) is 9.59 Å². The van der Waals surface area contributed by atoms with Gasteiger partial charge < -0.3 is 14.8 Å². The highest BCUT2D eigenvalue weighted by molar-refractivity contribution is 5.82. The number of carbonyl (C=O) groups is 3. The molecule has 0 aromatic rings. The monoisotopic (exact) mass is 285 g/mol. The van der Waals surface area contributed by atoms with Crippen LogP contribution in [0.4, 0.5) is 4.79 Å². The fourth-order valence-corrected chi connectivity index (χ4v) is 2.23. The largest absolute Gasteiger partial charge is 0.467 e. The third-order valence-corrected chi connectivity index (χ3v) is 3.09. The maximum absolute atomic E-state index is 11.7. The summed E-state index contributed by atoms with van der Waals surface area (Å²) in [7, 11) is 1.27. The van der Waals surface area contributed by atoms with Gasteiger partial charge in [0.15, 0.2) is 0 Å². The van der Waals surface area contributed by atoms with Gasteiger partial charge in [-0.05, 0) is 39.5 Å². The van der Waals surface area contributed by atoms with E-state index in [1.54, 1.807) is 20.8 Å². The van der Waals surface area contributed by atoms with E-state index in [4.69, 9.17) is 4.74 Å². The number of ketones is 1. The van der Waals surface area contributed by atoms with Gasteiger partial charge in [-0.1, -0.05) is 0 Å². The summed E-state index contributed by atoms with van der Waals surface area (Å²) in [6, 6.07) is -0.772. The summed E-state index contributed by atoms with van der Waals surface area (Å²) < 4.78 is 9.81. The Morgan fingerprint density at radius 2 is 2.05 bits per heavy atom. The lowest BCUT2D eigenvalue weighted by Gasteiger charge is -2.23. The highest BCUT2D eigenvalue weighted by Gasteiger charge is 2.31. The Labute approximate surface area is 119 Å². The molecule has 6 heteroatoms. The summed E-state index contributed by atoms with van der Waals surface area (Å²) in [5, 5.41) is 2.52. The molecule has 0 heterocycles. The van der Waals surface area contributed by atoms with E-state index in [2.05, 4.69) is 10.1 Å². The number of ether oxygens (including phenoxy) is 2. The van der Waals surface area contributed by atoms with Gasteiger partial charge in [-0.3, -0.25) is 4.79 Å². The molecule has 0 aromatic heterocycles. The van der Waals surface area contributed by atoms with E-state index >= 15 is 0 Å². The summed E-state index contributed by atoms with van der Waals surface area (Å²) in [5.74, 6) is -0.201. The van der Waals surface area contributed by atoms with Crippen LogP contribution < -0.4 is 5.32 Å². The maximum atomic E-state index is 11.7. The lowest BCUT2D eigenvalue weighted by Crippen LogP contribution is -2.44. The molecule has 0 saturated heterocycles. The van der Waals surface area contributed by atoms with Gasteiger partial charge in [0.05, 0.1) is 7.11 Å². The van der Waals surface area contributed by atoms with Crippen LogP contribution in [0.3, 0.4) is 0 Å². The van der Waals surface area contributed by atoms with Crippen molar-refractivity contribution in [1.82, 2.24) is 5.32 Å². The van der Waals surface area contributed by atoms with Crippen LogP contribution in [-0.2, 0) is 19.1 Å². The first kappa shape index (κ1) is 16.5. The van der Waals surface area contributed by atoms with Crippen LogP contribution >= 0.6 is 0 Å². The molecule has 1 amide bonds. The zero-order valence-corrected chi connectivity index (χ0v) is 12.5. The second-order valence-electron chi connectivity index (χ2n) is 6.11. The molecule has 1 rings (SSSR count). The Hall–Kier alpha value is -1.59. The van der Waals surface area contributed by atoms with Crippen LogP contribution in [0.2, 0.25) is 0 Å². The predicted molar refractivity (Wildman–Crippen MR) is 72.1 cm³/mol. The number of alkyl carbamates (subject to hydrolysis) is 1. The van der Waals surface area contributed by atoms with Crippen molar-refractivity contribution in [2.24, 2.45) is 5.92 Å². The second-order valence-corrected chi connectivity index (χ2v) is 6.11. The van der Waals surface area contributed by atoms with Crippen LogP contribution in [0.15, 0.2) is 0 Å². The minimum absolute atomic E-state index is 0.113. The first-order valence-electron chi connectivity index (χ1n) is 6.80. The average molecular weight is 285 g/mol. The Balaban J connectivity index is 2.58. The first-order chi connectivity index (χ1) is 9.21. The predicted octanol–water partition coefficient (Wildman–Crippen LogP) is 1.81. The van der Waals surface area contributed by atoms with Crippen molar-refractivity contribution >= 4 is 17.8 Å². The van der Waals surface area contributed by atoms with Gasteiger partial charge in [-0.15, -0.1) is 0 Å². The number of methoxy groups -OCH3 is 1. The smallest absolute Gasteiger partial charge is 0.408 e. The van der Waals surface area contributed by atoms with E-state index in [1.807, 2.05) is 0 Å². The number of carbonyl (C=O) groups excluding carboxylic acids is 3. The molecule has 1 aliphatic rings. The fourth-order valence-electron chi connectivity index (χ4n) is 2.23. The minimum atomic E-state index is -0.772. The van der Waals surface area contributed by atoms with Crippen molar-refractivity contribution in [3.63, 3.8) is 0 Å². The topological polar surface area (TPSA) is 81.7 Å². The fraction of sp³-hybridized carbons (Fsp3) is 0.786. The summed E-state index contributed by atoms with van der Waals surface area (Å²) in [6.45, 7) is 5.24. The molecule has 0 spiro atoms. The number of hydrogen-bond acceptors (Lipinski definition) is 5. The number of amides is 1. The molecule has 0 radical (unpaired) electrons. The van der Waals surface area contributed by atoms with E-state index in [0.29, 0.717) is 19.3 Å². The minimum Gasteiger partial charge on any atom is -0.467 e. The molecular weight excluding hydrogens is 262 g/mol. The number of hydrogen-bond donors (Lipinski definition) is 1. The Kier molecular flexibility index (Phi) is 5.53. The molecule has 0 aliphatic heterocycles. The summed E-state index contributed by atoms with van der Waals surface area (Å²) >= 11 is 0. The zero-order chi connectivity index (χ0) is 15.3. The molecule has 2 unspecified atom stereocenters. The second kappa shape index (κ2) is 6.72. The van der Waals surface area contributed by atoms with Crippen LogP contribution in [0.1, 0.15) is 46.5 Å².